The van der Waals surface area contributed by atoms with Crippen LogP contribution in [0.2, 0.25) is 0 Å². The largest absolute Gasteiger partial charge is 0.321 e. The van der Waals surface area contributed by atoms with Gasteiger partial charge in [0.25, 0.3) is 5.91 Å². The second kappa shape index (κ2) is 5.84. The summed E-state index contributed by atoms with van der Waals surface area (Å²) in [5, 5.41) is 2.07. The number of hydrogen-bond acceptors (Lipinski definition) is 3. The topological polar surface area (TPSA) is 66.5 Å². The normalized spacial score (nSPS) is 18.4. The summed E-state index contributed by atoms with van der Waals surface area (Å²) in [6, 6.07) is 6.24. The third-order valence-electron chi connectivity index (χ3n) is 2.95. The van der Waals surface area contributed by atoms with Crippen molar-refractivity contribution in [3.8, 4) is 0 Å². The predicted molar refractivity (Wildman–Crippen MR) is 69.9 cm³/mol. The molecule has 0 atom stereocenters. The van der Waals surface area contributed by atoms with E-state index < -0.39 is 22.4 Å². The van der Waals surface area contributed by atoms with Crippen LogP contribution in [0.15, 0.2) is 24.3 Å². The second-order valence-electron chi connectivity index (χ2n) is 4.49. The van der Waals surface area contributed by atoms with Crippen LogP contribution in [0.1, 0.15) is 12.0 Å². The number of alkyl halides is 2. The van der Waals surface area contributed by atoms with Gasteiger partial charge in [0.05, 0.1) is 5.75 Å². The smallest absolute Gasteiger partial charge is 0.315 e. The highest BCUT2D eigenvalue weighted by atomic mass is 32.2. The van der Waals surface area contributed by atoms with Crippen LogP contribution in [0.5, 0.6) is 0 Å². The van der Waals surface area contributed by atoms with Gasteiger partial charge >= 0.3 is 6.43 Å². The minimum absolute atomic E-state index is 0.134. The minimum atomic E-state index is -3.21. The van der Waals surface area contributed by atoms with E-state index in [1.54, 1.807) is 12.1 Å². The first-order chi connectivity index (χ1) is 9.38. The molecule has 1 saturated heterocycles. The van der Waals surface area contributed by atoms with E-state index in [0.717, 1.165) is 0 Å². The zero-order chi connectivity index (χ0) is 14.8. The zero-order valence-corrected chi connectivity index (χ0v) is 11.4. The van der Waals surface area contributed by atoms with Crippen LogP contribution >= 0.6 is 0 Å². The molecular formula is C12H14F2N2O3S. The zero-order valence-electron chi connectivity index (χ0n) is 10.6. The quantitative estimate of drug-likeness (QED) is 0.915. The van der Waals surface area contributed by atoms with Gasteiger partial charge in [0.1, 0.15) is 0 Å². The molecule has 1 heterocycles. The van der Waals surface area contributed by atoms with Crippen LogP contribution in [0.4, 0.5) is 14.5 Å². The Hall–Kier alpha value is -1.54. The monoisotopic (exact) mass is 304 g/mol. The lowest BCUT2D eigenvalue weighted by Crippen LogP contribution is -2.25. The predicted octanol–water partition coefficient (Wildman–Crippen LogP) is 1.43. The van der Waals surface area contributed by atoms with Gasteiger partial charge in [-0.3, -0.25) is 4.79 Å². The van der Waals surface area contributed by atoms with Crippen molar-refractivity contribution in [2.24, 2.45) is 0 Å². The first-order valence-electron chi connectivity index (χ1n) is 6.04. The SMILES string of the molecule is O=C(Nc1cccc(CN2CCCS2(=O)=O)c1)C(F)F. The number of nitrogens with zero attached hydrogens (tertiary/aromatic N) is 1. The molecule has 110 valence electrons. The van der Waals surface area contributed by atoms with Crippen molar-refractivity contribution < 1.29 is 22.0 Å². The maximum absolute atomic E-state index is 12.1. The van der Waals surface area contributed by atoms with Crippen LogP contribution < -0.4 is 5.32 Å². The summed E-state index contributed by atoms with van der Waals surface area (Å²) in [4.78, 5) is 10.9. The van der Waals surface area contributed by atoms with E-state index in [1.165, 1.54) is 16.4 Å². The van der Waals surface area contributed by atoms with Gasteiger partial charge in [-0.05, 0) is 24.1 Å². The van der Waals surface area contributed by atoms with Gasteiger partial charge in [-0.15, -0.1) is 0 Å². The van der Waals surface area contributed by atoms with E-state index in [4.69, 9.17) is 0 Å². The molecule has 1 aromatic rings. The van der Waals surface area contributed by atoms with Gasteiger partial charge in [0, 0.05) is 18.8 Å². The number of benzene rings is 1. The Morgan fingerprint density at radius 3 is 2.75 bits per heavy atom. The highest BCUT2D eigenvalue weighted by molar-refractivity contribution is 7.89. The number of sulfonamides is 1. The average molecular weight is 304 g/mol. The highest BCUT2D eigenvalue weighted by Gasteiger charge is 2.28. The fourth-order valence-corrected chi connectivity index (χ4v) is 3.52. The van der Waals surface area contributed by atoms with Gasteiger partial charge in [-0.25, -0.2) is 8.42 Å². The number of nitrogens with one attached hydrogen (secondary N) is 1. The molecule has 1 fully saturated rings. The Morgan fingerprint density at radius 2 is 2.15 bits per heavy atom. The van der Waals surface area contributed by atoms with Crippen molar-refractivity contribution in [2.75, 3.05) is 17.6 Å². The molecule has 2 rings (SSSR count). The van der Waals surface area contributed by atoms with Crippen LogP contribution in [-0.4, -0.2) is 37.4 Å². The minimum Gasteiger partial charge on any atom is -0.321 e. The van der Waals surface area contributed by atoms with Crippen LogP contribution in [-0.2, 0) is 21.4 Å². The van der Waals surface area contributed by atoms with Gasteiger partial charge in [-0.1, -0.05) is 12.1 Å². The van der Waals surface area contributed by atoms with Crippen molar-refractivity contribution in [2.45, 2.75) is 19.4 Å². The summed E-state index contributed by atoms with van der Waals surface area (Å²) in [5.41, 5.74) is 0.868. The molecular weight excluding hydrogens is 290 g/mol. The Kier molecular flexibility index (Phi) is 4.34. The third-order valence-corrected chi connectivity index (χ3v) is 4.86. The second-order valence-corrected chi connectivity index (χ2v) is 6.58. The lowest BCUT2D eigenvalue weighted by atomic mass is 10.2. The number of carbonyl (C=O) groups is 1. The van der Waals surface area contributed by atoms with E-state index >= 15 is 0 Å². The number of anilines is 1. The molecule has 8 heteroatoms. The van der Waals surface area contributed by atoms with E-state index in [-0.39, 0.29) is 18.0 Å². The van der Waals surface area contributed by atoms with Crippen molar-refractivity contribution in [1.29, 1.82) is 0 Å². The van der Waals surface area contributed by atoms with E-state index in [9.17, 15) is 22.0 Å². The highest BCUT2D eigenvalue weighted by Crippen LogP contribution is 2.19. The molecule has 0 spiro atoms. The Morgan fingerprint density at radius 1 is 1.40 bits per heavy atom. The summed E-state index contributed by atoms with van der Waals surface area (Å²) in [7, 11) is -3.21. The number of carbonyl (C=O) groups excluding carboxylic acids is 1. The fourth-order valence-electron chi connectivity index (χ4n) is 2.02. The molecule has 5 nitrogen and oxygen atoms in total. The van der Waals surface area contributed by atoms with Crippen LogP contribution in [0, 0.1) is 0 Å². The first-order valence-corrected chi connectivity index (χ1v) is 7.65. The first kappa shape index (κ1) is 14.9. The van der Waals surface area contributed by atoms with Crippen molar-refractivity contribution >= 4 is 21.6 Å². The molecule has 0 aliphatic carbocycles. The van der Waals surface area contributed by atoms with Crippen LogP contribution in [0.3, 0.4) is 0 Å². The summed E-state index contributed by atoms with van der Waals surface area (Å²) in [5.74, 6) is -1.25. The maximum atomic E-state index is 12.1. The van der Waals surface area contributed by atoms with Crippen molar-refractivity contribution in [3.63, 3.8) is 0 Å². The Labute approximate surface area is 115 Å². The van der Waals surface area contributed by atoms with E-state index in [1.807, 2.05) is 0 Å². The molecule has 20 heavy (non-hydrogen) atoms. The maximum Gasteiger partial charge on any atom is 0.315 e. The molecule has 0 saturated carbocycles. The molecule has 1 aliphatic heterocycles. The Balaban J connectivity index is 2.08. The van der Waals surface area contributed by atoms with E-state index in [2.05, 4.69) is 5.32 Å². The standard InChI is InChI=1S/C12H14F2N2O3S/c13-11(14)12(17)15-10-4-1-3-9(7-10)8-16-5-2-6-20(16,18)19/h1,3-4,7,11H,2,5-6,8H2,(H,15,17). The number of hydrogen-bond donors (Lipinski definition) is 1. The molecule has 0 bridgehead atoms. The summed E-state index contributed by atoms with van der Waals surface area (Å²) >= 11 is 0. The van der Waals surface area contributed by atoms with Crippen molar-refractivity contribution in [1.82, 2.24) is 4.31 Å². The fraction of sp³-hybridized carbons (Fsp3) is 0.417. The number of rotatable bonds is 4. The van der Waals surface area contributed by atoms with Gasteiger partial charge < -0.3 is 5.32 Å². The number of halogens is 2. The third kappa shape index (κ3) is 3.51. The van der Waals surface area contributed by atoms with Gasteiger partial charge in [0.15, 0.2) is 0 Å². The molecule has 0 aromatic heterocycles. The molecule has 1 aliphatic rings. The molecule has 1 amide bonds. The van der Waals surface area contributed by atoms with Gasteiger partial charge in [0.2, 0.25) is 10.0 Å². The Bertz CT molecular complexity index is 604. The molecule has 0 radical (unpaired) electrons. The molecule has 1 N–H and O–H groups in total. The average Bonchev–Trinajstić information content (AvgIpc) is 2.69. The van der Waals surface area contributed by atoms with Crippen LogP contribution in [0.25, 0.3) is 0 Å². The van der Waals surface area contributed by atoms with Crippen molar-refractivity contribution in [3.05, 3.63) is 29.8 Å². The molecule has 1 aromatic carbocycles. The summed E-state index contributed by atoms with van der Waals surface area (Å²) < 4.78 is 49.0. The number of amides is 1. The van der Waals surface area contributed by atoms with E-state index in [0.29, 0.717) is 18.5 Å². The lowest BCUT2D eigenvalue weighted by molar-refractivity contribution is -0.126. The summed E-state index contributed by atoms with van der Waals surface area (Å²) in [6.07, 6.45) is -2.50. The molecule has 0 unspecified atom stereocenters. The van der Waals surface area contributed by atoms with Gasteiger partial charge in [-0.2, -0.15) is 13.1 Å². The lowest BCUT2D eigenvalue weighted by Gasteiger charge is -2.15. The summed E-state index contributed by atoms with van der Waals surface area (Å²) in [6.45, 7) is 0.636.